The quantitative estimate of drug-likeness (QED) is 0.618. The van der Waals surface area contributed by atoms with Gasteiger partial charge < -0.3 is 10.6 Å². The first-order valence-electron chi connectivity index (χ1n) is 7.33. The molecule has 122 valence electrons. The van der Waals surface area contributed by atoms with Crippen molar-refractivity contribution in [3.05, 3.63) is 72.2 Å². The lowest BCUT2D eigenvalue weighted by Crippen LogP contribution is -2.11. The number of hydrogen-bond donors (Lipinski definition) is 3. The molecule has 0 atom stereocenters. The summed E-state index contributed by atoms with van der Waals surface area (Å²) in [5, 5.41) is 28.1. The van der Waals surface area contributed by atoms with Crippen molar-refractivity contribution in [2.24, 2.45) is 0 Å². The molecule has 1 aromatic heterocycles. The maximum Gasteiger partial charge on any atom is 0.255 e. The van der Waals surface area contributed by atoms with Crippen LogP contribution in [-0.2, 0) is 0 Å². The highest BCUT2D eigenvalue weighted by atomic mass is 16.1. The number of H-pyrrole nitrogens is 1. The molecule has 25 heavy (non-hydrogen) atoms. The Bertz CT molecular complexity index is 910. The number of anilines is 2. The molecule has 8 nitrogen and oxygen atoms in total. The van der Waals surface area contributed by atoms with E-state index in [9.17, 15) is 4.79 Å². The SMILES string of the molecule is N#CC(=CNc1ccc(NC(=O)c2ccccc2)cc1)c1nn[nH]n1. The van der Waals surface area contributed by atoms with Gasteiger partial charge >= 0.3 is 0 Å². The van der Waals surface area contributed by atoms with Crippen LogP contribution in [0.1, 0.15) is 16.2 Å². The summed E-state index contributed by atoms with van der Waals surface area (Å²) in [5.74, 6) is 0.0341. The maximum atomic E-state index is 12.1. The molecule has 0 radical (unpaired) electrons. The van der Waals surface area contributed by atoms with E-state index < -0.39 is 0 Å². The molecule has 3 rings (SSSR count). The number of aromatic amines is 1. The second-order valence-electron chi connectivity index (χ2n) is 4.95. The van der Waals surface area contributed by atoms with Crippen LogP contribution in [0.2, 0.25) is 0 Å². The molecule has 0 fully saturated rings. The molecule has 0 aliphatic heterocycles. The van der Waals surface area contributed by atoms with Crippen molar-refractivity contribution in [2.75, 3.05) is 10.6 Å². The second-order valence-corrected chi connectivity index (χ2v) is 4.95. The first kappa shape index (κ1) is 15.9. The molecule has 0 aliphatic carbocycles. The van der Waals surface area contributed by atoms with Gasteiger partial charge in [-0.15, -0.1) is 10.2 Å². The fourth-order valence-electron chi connectivity index (χ4n) is 2.02. The van der Waals surface area contributed by atoms with Crippen molar-refractivity contribution in [1.82, 2.24) is 20.6 Å². The van der Waals surface area contributed by atoms with E-state index in [0.29, 0.717) is 11.3 Å². The number of allylic oxidation sites excluding steroid dienone is 1. The Hall–Kier alpha value is -3.99. The Kier molecular flexibility index (Phi) is 4.78. The van der Waals surface area contributed by atoms with Crippen LogP contribution in [-0.4, -0.2) is 26.5 Å². The largest absolute Gasteiger partial charge is 0.360 e. The number of nitrogens with one attached hydrogen (secondary N) is 3. The normalized spacial score (nSPS) is 10.8. The van der Waals surface area contributed by atoms with E-state index in [-0.39, 0.29) is 17.3 Å². The average Bonchev–Trinajstić information content (AvgIpc) is 3.19. The van der Waals surface area contributed by atoms with E-state index in [0.717, 1.165) is 5.69 Å². The van der Waals surface area contributed by atoms with Crippen molar-refractivity contribution in [1.29, 1.82) is 5.26 Å². The molecule has 0 aliphatic rings. The number of aromatic nitrogens is 4. The van der Waals surface area contributed by atoms with Crippen LogP contribution in [0, 0.1) is 11.3 Å². The minimum atomic E-state index is -0.176. The molecule has 3 aromatic rings. The number of nitrogens with zero attached hydrogens (tertiary/aromatic N) is 4. The Balaban J connectivity index is 1.64. The summed E-state index contributed by atoms with van der Waals surface area (Å²) in [6.45, 7) is 0. The summed E-state index contributed by atoms with van der Waals surface area (Å²) in [6, 6.07) is 18.0. The summed E-state index contributed by atoms with van der Waals surface area (Å²) in [4.78, 5) is 12.1. The minimum absolute atomic E-state index is 0.176. The molecular weight excluding hydrogens is 318 g/mol. The average molecular weight is 331 g/mol. The highest BCUT2D eigenvalue weighted by Gasteiger charge is 2.06. The fraction of sp³-hybridized carbons (Fsp3) is 0. The highest BCUT2D eigenvalue weighted by Crippen LogP contribution is 2.16. The van der Waals surface area contributed by atoms with E-state index >= 15 is 0 Å². The van der Waals surface area contributed by atoms with Crippen LogP contribution in [0.25, 0.3) is 5.57 Å². The van der Waals surface area contributed by atoms with Gasteiger partial charge in [-0.3, -0.25) is 4.79 Å². The first-order valence-corrected chi connectivity index (χ1v) is 7.33. The second kappa shape index (κ2) is 7.52. The van der Waals surface area contributed by atoms with Gasteiger partial charge in [-0.05, 0) is 41.6 Å². The fourth-order valence-corrected chi connectivity index (χ4v) is 2.02. The van der Waals surface area contributed by atoms with Crippen molar-refractivity contribution >= 4 is 22.9 Å². The number of carbonyl (C=O) groups excluding carboxylic acids is 1. The zero-order chi connectivity index (χ0) is 17.5. The summed E-state index contributed by atoms with van der Waals surface area (Å²) in [5.41, 5.74) is 2.25. The summed E-state index contributed by atoms with van der Waals surface area (Å²) < 4.78 is 0. The lowest BCUT2D eigenvalue weighted by molar-refractivity contribution is 0.102. The molecule has 2 aromatic carbocycles. The first-order chi connectivity index (χ1) is 12.3. The number of amides is 1. The number of benzene rings is 2. The Labute approximate surface area is 143 Å². The van der Waals surface area contributed by atoms with Gasteiger partial charge in [-0.25, -0.2) is 0 Å². The van der Waals surface area contributed by atoms with Crippen LogP contribution < -0.4 is 10.6 Å². The molecular formula is C17H13N7O. The Morgan fingerprint density at radius 2 is 1.80 bits per heavy atom. The van der Waals surface area contributed by atoms with Gasteiger partial charge in [0, 0.05) is 23.1 Å². The van der Waals surface area contributed by atoms with Crippen LogP contribution in [0.3, 0.4) is 0 Å². The molecule has 3 N–H and O–H groups in total. The lowest BCUT2D eigenvalue weighted by Gasteiger charge is -2.07. The van der Waals surface area contributed by atoms with Gasteiger partial charge in [0.2, 0.25) is 5.82 Å². The molecule has 8 heteroatoms. The number of tetrazole rings is 1. The van der Waals surface area contributed by atoms with Crippen molar-refractivity contribution in [3.8, 4) is 6.07 Å². The Morgan fingerprint density at radius 3 is 2.44 bits per heavy atom. The summed E-state index contributed by atoms with van der Waals surface area (Å²) >= 11 is 0. The third-order valence-corrected chi connectivity index (χ3v) is 3.27. The van der Waals surface area contributed by atoms with Crippen LogP contribution in [0.4, 0.5) is 11.4 Å². The van der Waals surface area contributed by atoms with E-state index in [1.54, 1.807) is 36.4 Å². The molecule has 0 unspecified atom stereocenters. The third kappa shape index (κ3) is 4.05. The maximum absolute atomic E-state index is 12.1. The monoisotopic (exact) mass is 331 g/mol. The van der Waals surface area contributed by atoms with E-state index in [1.165, 1.54) is 6.20 Å². The minimum Gasteiger partial charge on any atom is -0.360 e. The molecule has 0 spiro atoms. The Morgan fingerprint density at radius 1 is 1.08 bits per heavy atom. The van der Waals surface area contributed by atoms with Crippen molar-refractivity contribution in [2.45, 2.75) is 0 Å². The standard InChI is InChI=1S/C17H13N7O/c18-10-13(16-21-23-24-22-16)11-19-14-6-8-15(9-7-14)20-17(25)12-4-2-1-3-5-12/h1-9,11,19H,(H,20,25)(H,21,22,23,24). The smallest absolute Gasteiger partial charge is 0.255 e. The zero-order valence-corrected chi connectivity index (χ0v) is 13.0. The molecule has 0 saturated heterocycles. The van der Waals surface area contributed by atoms with Gasteiger partial charge in [0.1, 0.15) is 11.6 Å². The van der Waals surface area contributed by atoms with Gasteiger partial charge in [-0.2, -0.15) is 10.5 Å². The summed E-state index contributed by atoms with van der Waals surface area (Å²) in [6.07, 6.45) is 1.49. The molecule has 1 amide bonds. The topological polar surface area (TPSA) is 119 Å². The van der Waals surface area contributed by atoms with Gasteiger partial charge in [0.05, 0.1) is 0 Å². The van der Waals surface area contributed by atoms with Gasteiger partial charge in [-0.1, -0.05) is 18.2 Å². The molecule has 0 saturated carbocycles. The number of carbonyl (C=O) groups is 1. The number of rotatable bonds is 5. The van der Waals surface area contributed by atoms with E-state index in [2.05, 4.69) is 31.3 Å². The van der Waals surface area contributed by atoms with Crippen LogP contribution >= 0.6 is 0 Å². The zero-order valence-electron chi connectivity index (χ0n) is 13.0. The van der Waals surface area contributed by atoms with E-state index in [1.807, 2.05) is 24.3 Å². The van der Waals surface area contributed by atoms with Crippen molar-refractivity contribution < 1.29 is 4.79 Å². The molecule has 0 bridgehead atoms. The van der Waals surface area contributed by atoms with Gasteiger partial charge in [0.15, 0.2) is 0 Å². The predicted molar refractivity (Wildman–Crippen MR) is 92.2 cm³/mol. The van der Waals surface area contributed by atoms with Crippen LogP contribution in [0.5, 0.6) is 0 Å². The highest BCUT2D eigenvalue weighted by molar-refractivity contribution is 6.04. The van der Waals surface area contributed by atoms with Crippen molar-refractivity contribution in [3.63, 3.8) is 0 Å². The van der Waals surface area contributed by atoms with Gasteiger partial charge in [0.25, 0.3) is 5.91 Å². The molecule has 1 heterocycles. The third-order valence-electron chi connectivity index (χ3n) is 3.27. The lowest BCUT2D eigenvalue weighted by atomic mass is 10.2. The number of hydrogen-bond acceptors (Lipinski definition) is 6. The number of nitriles is 1. The predicted octanol–water partition coefficient (Wildman–Crippen LogP) is 2.43. The van der Waals surface area contributed by atoms with Crippen LogP contribution in [0.15, 0.2) is 60.8 Å². The van der Waals surface area contributed by atoms with E-state index in [4.69, 9.17) is 5.26 Å². The summed E-state index contributed by atoms with van der Waals surface area (Å²) in [7, 11) is 0.